The summed E-state index contributed by atoms with van der Waals surface area (Å²) < 4.78 is 5.33. The minimum atomic E-state index is -0.648. The molecule has 0 saturated carbocycles. The molecular weight excluding hydrogens is 238 g/mol. The highest BCUT2D eigenvalue weighted by atomic mass is 16.5. The molecule has 1 unspecified atom stereocenters. The van der Waals surface area contributed by atoms with E-state index < -0.39 is 6.10 Å². The van der Waals surface area contributed by atoms with Crippen molar-refractivity contribution >= 4 is 11.4 Å². The summed E-state index contributed by atoms with van der Waals surface area (Å²) in [5, 5.41) is 0. The number of ether oxygens (including phenoxy) is 1. The van der Waals surface area contributed by atoms with Gasteiger partial charge in [0, 0.05) is 0 Å². The molecule has 0 spiro atoms. The number of benzene rings is 1. The number of carbonyl (C=O) groups excluding carboxylic acids is 1. The van der Waals surface area contributed by atoms with Crippen molar-refractivity contribution in [2.75, 3.05) is 0 Å². The SMILES string of the molecule is C=CC1OC(N)=C(c2cc(CC)cc(CC)c2)C1=O. The normalized spacial score (nSPS) is 18.6. The first-order valence-corrected chi connectivity index (χ1v) is 6.57. The molecule has 0 aliphatic carbocycles. The van der Waals surface area contributed by atoms with Gasteiger partial charge >= 0.3 is 0 Å². The van der Waals surface area contributed by atoms with Gasteiger partial charge in [-0.3, -0.25) is 4.79 Å². The lowest BCUT2D eigenvalue weighted by Crippen LogP contribution is -2.14. The molecule has 1 aliphatic heterocycles. The fraction of sp³-hybridized carbons (Fsp3) is 0.312. The van der Waals surface area contributed by atoms with Gasteiger partial charge in [0.15, 0.2) is 12.0 Å². The second kappa shape index (κ2) is 5.31. The Balaban J connectivity index is 2.50. The number of carbonyl (C=O) groups is 1. The third-order valence-corrected chi connectivity index (χ3v) is 3.38. The molecule has 1 aromatic carbocycles. The van der Waals surface area contributed by atoms with Crippen molar-refractivity contribution in [1.82, 2.24) is 0 Å². The van der Waals surface area contributed by atoms with Crippen molar-refractivity contribution in [2.24, 2.45) is 5.73 Å². The minimum Gasteiger partial charge on any atom is -0.463 e. The van der Waals surface area contributed by atoms with E-state index in [1.807, 2.05) is 12.1 Å². The van der Waals surface area contributed by atoms with Gasteiger partial charge in [0.05, 0.1) is 5.57 Å². The van der Waals surface area contributed by atoms with E-state index >= 15 is 0 Å². The highest BCUT2D eigenvalue weighted by Gasteiger charge is 2.32. The first kappa shape index (κ1) is 13.4. The zero-order valence-electron chi connectivity index (χ0n) is 11.4. The van der Waals surface area contributed by atoms with E-state index in [0.717, 1.165) is 18.4 Å². The molecule has 0 saturated heterocycles. The van der Waals surface area contributed by atoms with E-state index in [2.05, 4.69) is 26.5 Å². The number of Topliss-reactive ketones (excluding diaryl/α,β-unsaturated/α-hetero) is 1. The molecule has 1 heterocycles. The zero-order chi connectivity index (χ0) is 14.0. The van der Waals surface area contributed by atoms with Gasteiger partial charge in [-0.1, -0.05) is 38.6 Å². The largest absolute Gasteiger partial charge is 0.463 e. The van der Waals surface area contributed by atoms with E-state index in [-0.39, 0.29) is 11.7 Å². The van der Waals surface area contributed by atoms with Gasteiger partial charge in [-0.05, 0) is 35.6 Å². The summed E-state index contributed by atoms with van der Waals surface area (Å²) in [5.41, 5.74) is 9.57. The highest BCUT2D eigenvalue weighted by molar-refractivity contribution is 6.25. The van der Waals surface area contributed by atoms with Crippen LogP contribution in [0.1, 0.15) is 30.5 Å². The second-order valence-electron chi connectivity index (χ2n) is 4.62. The van der Waals surface area contributed by atoms with E-state index in [1.165, 1.54) is 17.2 Å². The average molecular weight is 257 g/mol. The Bertz CT molecular complexity index is 536. The molecule has 0 aromatic heterocycles. The third kappa shape index (κ3) is 2.41. The number of ketones is 1. The molecule has 3 nitrogen and oxygen atoms in total. The van der Waals surface area contributed by atoms with E-state index in [9.17, 15) is 4.79 Å². The Hall–Kier alpha value is -2.03. The Morgan fingerprint density at radius 1 is 1.26 bits per heavy atom. The number of nitrogens with two attached hydrogens (primary N) is 1. The zero-order valence-corrected chi connectivity index (χ0v) is 11.4. The lowest BCUT2D eigenvalue weighted by molar-refractivity contribution is -0.118. The monoisotopic (exact) mass is 257 g/mol. The molecule has 19 heavy (non-hydrogen) atoms. The maximum atomic E-state index is 12.2. The van der Waals surface area contributed by atoms with Crippen LogP contribution in [0.25, 0.3) is 5.57 Å². The standard InChI is InChI=1S/C16H19NO2/c1-4-10-7-11(5-2)9-12(8-10)14-15(18)13(6-3)19-16(14)17/h6-9,13H,3-5,17H2,1-2H3. The van der Waals surface area contributed by atoms with Crippen molar-refractivity contribution < 1.29 is 9.53 Å². The van der Waals surface area contributed by atoms with Crippen LogP contribution in [-0.2, 0) is 22.4 Å². The number of rotatable bonds is 4. The van der Waals surface area contributed by atoms with Gasteiger partial charge in [0.2, 0.25) is 5.78 Å². The van der Waals surface area contributed by atoms with Crippen LogP contribution < -0.4 is 5.73 Å². The molecule has 1 aliphatic rings. The van der Waals surface area contributed by atoms with Crippen molar-refractivity contribution in [3.63, 3.8) is 0 Å². The van der Waals surface area contributed by atoms with Gasteiger partial charge in [-0.15, -0.1) is 0 Å². The predicted octanol–water partition coefficient (Wildman–Crippen LogP) is 2.59. The van der Waals surface area contributed by atoms with Gasteiger partial charge in [-0.25, -0.2) is 0 Å². The highest BCUT2D eigenvalue weighted by Crippen LogP contribution is 2.29. The van der Waals surface area contributed by atoms with E-state index in [1.54, 1.807) is 0 Å². The Morgan fingerprint density at radius 2 is 1.84 bits per heavy atom. The fourth-order valence-electron chi connectivity index (χ4n) is 2.27. The predicted molar refractivity (Wildman–Crippen MR) is 76.4 cm³/mol. The molecule has 2 N–H and O–H groups in total. The van der Waals surface area contributed by atoms with Crippen molar-refractivity contribution in [1.29, 1.82) is 0 Å². The summed E-state index contributed by atoms with van der Waals surface area (Å²) in [7, 11) is 0. The van der Waals surface area contributed by atoms with Crippen LogP contribution >= 0.6 is 0 Å². The average Bonchev–Trinajstić information content (AvgIpc) is 2.72. The number of aryl methyl sites for hydroxylation is 2. The maximum Gasteiger partial charge on any atom is 0.213 e. The van der Waals surface area contributed by atoms with Gasteiger partial charge in [-0.2, -0.15) is 0 Å². The Morgan fingerprint density at radius 3 is 2.26 bits per heavy atom. The Labute approximate surface area is 113 Å². The van der Waals surface area contributed by atoms with E-state index in [0.29, 0.717) is 5.57 Å². The summed E-state index contributed by atoms with van der Waals surface area (Å²) in [6.07, 6.45) is 2.68. The molecule has 0 bridgehead atoms. The third-order valence-electron chi connectivity index (χ3n) is 3.38. The molecule has 0 amide bonds. The van der Waals surface area contributed by atoms with Crippen LogP contribution in [0.4, 0.5) is 0 Å². The molecule has 2 rings (SSSR count). The topological polar surface area (TPSA) is 52.3 Å². The molecule has 1 aromatic rings. The summed E-state index contributed by atoms with van der Waals surface area (Å²) in [5.74, 6) is 0.0908. The summed E-state index contributed by atoms with van der Waals surface area (Å²) in [6, 6.07) is 6.17. The lowest BCUT2D eigenvalue weighted by atomic mass is 9.95. The molecule has 3 heteroatoms. The molecule has 1 atom stereocenters. The van der Waals surface area contributed by atoms with E-state index in [4.69, 9.17) is 10.5 Å². The molecule has 0 radical (unpaired) electrons. The van der Waals surface area contributed by atoms with Gasteiger partial charge in [0.1, 0.15) is 0 Å². The quantitative estimate of drug-likeness (QED) is 0.843. The summed E-state index contributed by atoms with van der Waals surface area (Å²) in [6.45, 7) is 7.78. The first-order chi connectivity index (χ1) is 9.10. The summed E-state index contributed by atoms with van der Waals surface area (Å²) in [4.78, 5) is 12.2. The van der Waals surface area contributed by atoms with Gasteiger partial charge < -0.3 is 10.5 Å². The first-order valence-electron chi connectivity index (χ1n) is 6.57. The smallest absolute Gasteiger partial charge is 0.213 e. The molecule has 0 fully saturated rings. The molecular formula is C16H19NO2. The van der Waals surface area contributed by atoms with Crippen molar-refractivity contribution in [3.8, 4) is 0 Å². The second-order valence-corrected chi connectivity index (χ2v) is 4.62. The van der Waals surface area contributed by atoms with Crippen LogP contribution in [0.2, 0.25) is 0 Å². The van der Waals surface area contributed by atoms with Gasteiger partial charge in [0.25, 0.3) is 0 Å². The minimum absolute atomic E-state index is 0.109. The Kier molecular flexibility index (Phi) is 3.74. The molecule has 100 valence electrons. The summed E-state index contributed by atoms with van der Waals surface area (Å²) >= 11 is 0. The van der Waals surface area contributed by atoms with Crippen molar-refractivity contribution in [3.05, 3.63) is 53.4 Å². The van der Waals surface area contributed by atoms with Crippen LogP contribution in [-0.4, -0.2) is 11.9 Å². The number of hydrogen-bond donors (Lipinski definition) is 1. The lowest BCUT2D eigenvalue weighted by Gasteiger charge is -2.07. The van der Waals surface area contributed by atoms with Crippen LogP contribution in [0.3, 0.4) is 0 Å². The number of hydrogen-bond acceptors (Lipinski definition) is 3. The van der Waals surface area contributed by atoms with Crippen LogP contribution in [0.5, 0.6) is 0 Å². The van der Waals surface area contributed by atoms with Crippen molar-refractivity contribution in [2.45, 2.75) is 32.8 Å². The maximum absolute atomic E-state index is 12.2. The van der Waals surface area contributed by atoms with Crippen LogP contribution in [0, 0.1) is 0 Å². The fourth-order valence-corrected chi connectivity index (χ4v) is 2.27. The van der Waals surface area contributed by atoms with Crippen LogP contribution in [0.15, 0.2) is 36.7 Å².